The van der Waals surface area contributed by atoms with Gasteiger partial charge in [0.1, 0.15) is 16.7 Å². The molecule has 4 heteroatoms. The van der Waals surface area contributed by atoms with Crippen LogP contribution in [0.2, 0.25) is 0 Å². The molecule has 268 valence electrons. The number of fused-ring (bicyclic) bond motifs is 6. The summed E-state index contributed by atoms with van der Waals surface area (Å²) in [5, 5.41) is 4.30. The van der Waals surface area contributed by atoms with E-state index in [1.165, 1.54) is 11.1 Å². The lowest BCUT2D eigenvalue weighted by Crippen LogP contribution is -2.09. The third-order valence-corrected chi connectivity index (χ3v) is 10.9. The molecule has 0 fully saturated rings. The summed E-state index contributed by atoms with van der Waals surface area (Å²) in [6, 6.07) is 72.1. The van der Waals surface area contributed by atoms with Gasteiger partial charge in [0.15, 0.2) is 5.58 Å². The van der Waals surface area contributed by atoms with Gasteiger partial charge in [0.25, 0.3) is 0 Å². The minimum Gasteiger partial charge on any atom is -0.455 e. The minimum atomic E-state index is 0.605. The third-order valence-electron chi connectivity index (χ3n) is 10.9. The lowest BCUT2D eigenvalue weighted by Gasteiger charge is -2.26. The van der Waals surface area contributed by atoms with Gasteiger partial charge in [-0.15, -0.1) is 0 Å². The predicted molar refractivity (Wildman–Crippen MR) is 235 cm³/mol. The molecule has 0 N–H and O–H groups in total. The Morgan fingerprint density at radius 2 is 0.947 bits per heavy atom. The van der Waals surface area contributed by atoms with Crippen molar-refractivity contribution in [2.75, 3.05) is 4.90 Å². The first-order chi connectivity index (χ1) is 28.2. The van der Waals surface area contributed by atoms with Crippen molar-refractivity contribution in [3.05, 3.63) is 206 Å². The van der Waals surface area contributed by atoms with Crippen molar-refractivity contribution in [3.8, 4) is 44.8 Å². The number of hydrogen-bond acceptors (Lipinski definition) is 4. The molecule has 9 aromatic carbocycles. The quantitative estimate of drug-likeness (QED) is 0.164. The Morgan fingerprint density at radius 3 is 1.67 bits per heavy atom. The highest BCUT2D eigenvalue weighted by Gasteiger charge is 2.21. The summed E-state index contributed by atoms with van der Waals surface area (Å²) in [6.45, 7) is 0. The number of furan rings is 1. The predicted octanol–water partition coefficient (Wildman–Crippen LogP) is 15.0. The molecule has 0 aliphatic heterocycles. The average Bonchev–Trinajstić information content (AvgIpc) is 3.90. The second kappa shape index (κ2) is 13.6. The first kappa shape index (κ1) is 32.7. The zero-order chi connectivity index (χ0) is 37.7. The van der Waals surface area contributed by atoms with Crippen LogP contribution in [0.3, 0.4) is 0 Å². The monoisotopic (exact) mass is 730 g/mol. The van der Waals surface area contributed by atoms with E-state index in [9.17, 15) is 0 Å². The molecule has 0 amide bonds. The Bertz CT molecular complexity index is 3200. The fourth-order valence-corrected chi connectivity index (χ4v) is 8.13. The Hall–Kier alpha value is -7.69. The number of oxazole rings is 1. The molecular formula is C53H34N2O2. The van der Waals surface area contributed by atoms with E-state index in [0.29, 0.717) is 5.89 Å². The van der Waals surface area contributed by atoms with E-state index in [2.05, 4.69) is 169 Å². The fraction of sp³-hybridized carbons (Fsp3) is 0. The van der Waals surface area contributed by atoms with Crippen molar-refractivity contribution in [2.45, 2.75) is 0 Å². The van der Waals surface area contributed by atoms with Gasteiger partial charge in [0, 0.05) is 44.3 Å². The molecule has 0 saturated heterocycles. The maximum absolute atomic E-state index is 6.74. The summed E-state index contributed by atoms with van der Waals surface area (Å²) in [4.78, 5) is 7.36. The second-order valence-corrected chi connectivity index (χ2v) is 14.3. The van der Waals surface area contributed by atoms with Crippen LogP contribution in [0.4, 0.5) is 17.1 Å². The van der Waals surface area contributed by atoms with Gasteiger partial charge in [0.05, 0.1) is 0 Å². The van der Waals surface area contributed by atoms with Crippen molar-refractivity contribution in [3.63, 3.8) is 0 Å². The van der Waals surface area contributed by atoms with Crippen molar-refractivity contribution in [1.29, 1.82) is 0 Å². The average molecular weight is 731 g/mol. The zero-order valence-electron chi connectivity index (χ0n) is 30.8. The van der Waals surface area contributed by atoms with Gasteiger partial charge < -0.3 is 13.7 Å². The number of para-hydroxylation sites is 2. The summed E-state index contributed by atoms with van der Waals surface area (Å²) >= 11 is 0. The van der Waals surface area contributed by atoms with Crippen LogP contribution in [-0.2, 0) is 0 Å². The minimum absolute atomic E-state index is 0.605. The smallest absolute Gasteiger partial charge is 0.227 e. The Kier molecular flexibility index (Phi) is 7.78. The second-order valence-electron chi connectivity index (χ2n) is 14.3. The Labute approximate surface area is 329 Å². The van der Waals surface area contributed by atoms with Gasteiger partial charge in [-0.25, -0.2) is 4.98 Å². The highest BCUT2D eigenvalue weighted by molar-refractivity contribution is 6.23. The van der Waals surface area contributed by atoms with E-state index in [4.69, 9.17) is 13.8 Å². The number of rotatable bonds is 7. The highest BCUT2D eigenvalue weighted by atomic mass is 16.3. The summed E-state index contributed by atoms with van der Waals surface area (Å²) in [6.07, 6.45) is 0. The standard InChI is InChI=1S/C53H34N2O2/c1-4-13-35(14-5-1)36-23-28-42(29-24-36)55(41-18-8-3-9-19-41)43-30-25-37(26-31-43)39-27-32-48-47(33-39)50-46(34-40-17-10-11-20-44(40)52(50)56-48)45-21-12-22-49-51(45)54-53(57-49)38-15-6-2-7-16-38/h1-34H. The number of anilines is 3. The molecular weight excluding hydrogens is 697 g/mol. The molecule has 11 aromatic rings. The van der Waals surface area contributed by atoms with Crippen LogP contribution in [0.15, 0.2) is 215 Å². The largest absolute Gasteiger partial charge is 0.455 e. The molecule has 0 atom stereocenters. The molecule has 4 nitrogen and oxygen atoms in total. The molecule has 0 aliphatic carbocycles. The van der Waals surface area contributed by atoms with Crippen LogP contribution in [0.5, 0.6) is 0 Å². The van der Waals surface area contributed by atoms with E-state index < -0.39 is 0 Å². The Morgan fingerprint density at radius 1 is 0.368 bits per heavy atom. The van der Waals surface area contributed by atoms with E-state index in [-0.39, 0.29) is 0 Å². The molecule has 0 bridgehead atoms. The van der Waals surface area contributed by atoms with Gasteiger partial charge >= 0.3 is 0 Å². The maximum atomic E-state index is 6.74. The van der Waals surface area contributed by atoms with Crippen molar-refractivity contribution in [1.82, 2.24) is 4.98 Å². The summed E-state index contributed by atoms with van der Waals surface area (Å²) in [5.41, 5.74) is 14.2. The molecule has 2 heterocycles. The molecule has 2 aromatic heterocycles. The Balaban J connectivity index is 1.02. The molecule has 0 radical (unpaired) electrons. The first-order valence-corrected chi connectivity index (χ1v) is 19.2. The normalized spacial score (nSPS) is 11.5. The molecule has 0 saturated carbocycles. The lowest BCUT2D eigenvalue weighted by molar-refractivity contribution is 0.620. The van der Waals surface area contributed by atoms with E-state index in [1.807, 2.05) is 42.5 Å². The fourth-order valence-electron chi connectivity index (χ4n) is 8.13. The number of aromatic nitrogens is 1. The van der Waals surface area contributed by atoms with Gasteiger partial charge in [-0.3, -0.25) is 0 Å². The first-order valence-electron chi connectivity index (χ1n) is 19.2. The number of benzene rings is 9. The third kappa shape index (κ3) is 5.74. The van der Waals surface area contributed by atoms with Gasteiger partial charge in [-0.05, 0) is 106 Å². The SMILES string of the molecule is c1ccc(-c2ccc(N(c3ccccc3)c3ccc(-c4ccc5oc6c7ccccc7cc(-c7cccc8oc(-c9ccccc9)nc78)c6c5c4)cc3)cc2)cc1. The van der Waals surface area contributed by atoms with Crippen molar-refractivity contribution in [2.24, 2.45) is 0 Å². The number of nitrogens with zero attached hydrogens (tertiary/aromatic N) is 2. The van der Waals surface area contributed by atoms with Gasteiger partial charge in [0.2, 0.25) is 5.89 Å². The zero-order valence-corrected chi connectivity index (χ0v) is 30.8. The molecule has 57 heavy (non-hydrogen) atoms. The molecule has 0 spiro atoms. The summed E-state index contributed by atoms with van der Waals surface area (Å²) in [7, 11) is 0. The van der Waals surface area contributed by atoms with Crippen molar-refractivity contribution >= 4 is 60.9 Å². The van der Waals surface area contributed by atoms with Crippen LogP contribution in [-0.4, -0.2) is 4.98 Å². The lowest BCUT2D eigenvalue weighted by atomic mass is 9.93. The van der Waals surface area contributed by atoms with Crippen LogP contribution < -0.4 is 4.90 Å². The van der Waals surface area contributed by atoms with E-state index >= 15 is 0 Å². The highest BCUT2D eigenvalue weighted by Crippen LogP contribution is 2.45. The van der Waals surface area contributed by atoms with Gasteiger partial charge in [-0.1, -0.05) is 133 Å². The van der Waals surface area contributed by atoms with E-state index in [1.54, 1.807) is 0 Å². The molecule has 11 rings (SSSR count). The topological polar surface area (TPSA) is 42.4 Å². The molecule has 0 unspecified atom stereocenters. The number of hydrogen-bond donors (Lipinski definition) is 0. The summed E-state index contributed by atoms with van der Waals surface area (Å²) in [5.74, 6) is 0.605. The molecule has 0 aliphatic rings. The van der Waals surface area contributed by atoms with Gasteiger partial charge in [-0.2, -0.15) is 0 Å². The van der Waals surface area contributed by atoms with E-state index in [0.717, 1.165) is 88.7 Å². The van der Waals surface area contributed by atoms with Crippen LogP contribution in [0, 0.1) is 0 Å². The van der Waals surface area contributed by atoms with Crippen molar-refractivity contribution < 1.29 is 8.83 Å². The maximum Gasteiger partial charge on any atom is 0.227 e. The van der Waals surface area contributed by atoms with Crippen LogP contribution in [0.1, 0.15) is 0 Å². The van der Waals surface area contributed by atoms with Crippen LogP contribution in [0.25, 0.3) is 88.6 Å². The summed E-state index contributed by atoms with van der Waals surface area (Å²) < 4.78 is 13.1. The van der Waals surface area contributed by atoms with Crippen LogP contribution >= 0.6 is 0 Å².